The van der Waals surface area contributed by atoms with Crippen molar-refractivity contribution >= 4 is 23.0 Å². The van der Waals surface area contributed by atoms with Gasteiger partial charge in [0.25, 0.3) is 5.91 Å². The van der Waals surface area contributed by atoms with Crippen LogP contribution < -0.4 is 10.6 Å². The molecule has 0 saturated heterocycles. The van der Waals surface area contributed by atoms with E-state index < -0.39 is 29.0 Å². The molecule has 1 heterocycles. The molecule has 0 unspecified atom stereocenters. The van der Waals surface area contributed by atoms with Crippen molar-refractivity contribution in [3.63, 3.8) is 0 Å². The maximum absolute atomic E-state index is 13.6. The highest BCUT2D eigenvalue weighted by Gasteiger charge is 2.16. The monoisotopic (exact) mass is 361 g/mol. The molecule has 0 radical (unpaired) electrons. The van der Waals surface area contributed by atoms with Gasteiger partial charge >= 0.3 is 0 Å². The number of nitrogens with zero attached hydrogens (tertiary/aromatic N) is 1. The summed E-state index contributed by atoms with van der Waals surface area (Å²) in [6.45, 7) is 0. The van der Waals surface area contributed by atoms with Gasteiger partial charge in [-0.25, -0.2) is 17.6 Å². The Morgan fingerprint density at radius 3 is 2.31 bits per heavy atom. The Bertz CT molecular complexity index is 961. The number of halogens is 4. The Labute approximate surface area is 145 Å². The molecule has 132 valence electrons. The van der Waals surface area contributed by atoms with Crippen LogP contribution in [0.15, 0.2) is 54.7 Å². The van der Waals surface area contributed by atoms with Crippen molar-refractivity contribution in [3.05, 3.63) is 83.7 Å². The van der Waals surface area contributed by atoms with Crippen LogP contribution in [0.2, 0.25) is 0 Å². The average Bonchev–Trinajstić information content (AvgIpc) is 2.64. The number of nitrogens with one attached hydrogen (secondary N) is 2. The second-order valence-corrected chi connectivity index (χ2v) is 5.24. The largest absolute Gasteiger partial charge is 0.355 e. The number of aromatic nitrogens is 1. The zero-order valence-electron chi connectivity index (χ0n) is 13.1. The molecule has 0 aliphatic rings. The van der Waals surface area contributed by atoms with E-state index in [2.05, 4.69) is 15.6 Å². The molecule has 0 spiro atoms. The summed E-state index contributed by atoms with van der Waals surface area (Å²) in [7, 11) is 0. The third-order valence-corrected chi connectivity index (χ3v) is 3.41. The van der Waals surface area contributed by atoms with Crippen molar-refractivity contribution < 1.29 is 22.4 Å². The molecule has 3 rings (SSSR count). The number of amides is 1. The number of benzene rings is 2. The first-order chi connectivity index (χ1) is 12.4. The molecular formula is C18H11F4N3O. The van der Waals surface area contributed by atoms with Crippen LogP contribution in [-0.2, 0) is 0 Å². The summed E-state index contributed by atoms with van der Waals surface area (Å²) in [6, 6.07) is 10.1. The second kappa shape index (κ2) is 7.22. The van der Waals surface area contributed by atoms with Gasteiger partial charge in [0.05, 0.1) is 5.69 Å². The van der Waals surface area contributed by atoms with E-state index in [-0.39, 0.29) is 11.5 Å². The number of hydrogen-bond acceptors (Lipinski definition) is 3. The molecule has 0 aliphatic heterocycles. The fraction of sp³-hybridized carbons (Fsp3) is 0. The van der Waals surface area contributed by atoms with E-state index in [1.807, 2.05) is 0 Å². The minimum absolute atomic E-state index is 0.0822. The molecule has 0 aliphatic carbocycles. The van der Waals surface area contributed by atoms with E-state index in [4.69, 9.17) is 0 Å². The number of rotatable bonds is 4. The first-order valence-electron chi connectivity index (χ1n) is 7.37. The van der Waals surface area contributed by atoms with E-state index in [0.29, 0.717) is 17.4 Å². The van der Waals surface area contributed by atoms with Crippen LogP contribution in [0.3, 0.4) is 0 Å². The van der Waals surface area contributed by atoms with Gasteiger partial charge < -0.3 is 10.6 Å². The summed E-state index contributed by atoms with van der Waals surface area (Å²) in [5.74, 6) is -5.73. The van der Waals surface area contributed by atoms with Crippen molar-refractivity contribution in [2.24, 2.45) is 0 Å². The molecule has 3 aromatic rings. The Balaban J connectivity index is 1.78. The van der Waals surface area contributed by atoms with E-state index in [9.17, 15) is 22.4 Å². The molecule has 1 aromatic heterocycles. The SMILES string of the molecule is O=C(Nc1ccc(F)c(F)c1F)c1cc(Nc2ccc(F)cc2)ccn1. The molecule has 4 nitrogen and oxygen atoms in total. The van der Waals surface area contributed by atoms with Crippen molar-refractivity contribution in [2.45, 2.75) is 0 Å². The van der Waals surface area contributed by atoms with Gasteiger partial charge in [0.15, 0.2) is 17.5 Å². The van der Waals surface area contributed by atoms with E-state index in [1.54, 1.807) is 6.07 Å². The van der Waals surface area contributed by atoms with E-state index in [0.717, 1.165) is 6.07 Å². The van der Waals surface area contributed by atoms with Crippen LogP contribution in [-0.4, -0.2) is 10.9 Å². The fourth-order valence-corrected chi connectivity index (χ4v) is 2.14. The van der Waals surface area contributed by atoms with Gasteiger partial charge in [0.1, 0.15) is 11.5 Å². The van der Waals surface area contributed by atoms with Crippen molar-refractivity contribution in [1.82, 2.24) is 4.98 Å². The van der Waals surface area contributed by atoms with Crippen LogP contribution in [0, 0.1) is 23.3 Å². The zero-order chi connectivity index (χ0) is 18.7. The summed E-state index contributed by atoms with van der Waals surface area (Å²) in [5, 5.41) is 5.08. The molecular weight excluding hydrogens is 350 g/mol. The maximum Gasteiger partial charge on any atom is 0.274 e. The topological polar surface area (TPSA) is 54.0 Å². The van der Waals surface area contributed by atoms with Crippen molar-refractivity contribution in [2.75, 3.05) is 10.6 Å². The molecule has 0 saturated carbocycles. The Morgan fingerprint density at radius 2 is 1.58 bits per heavy atom. The Morgan fingerprint density at radius 1 is 0.846 bits per heavy atom. The van der Waals surface area contributed by atoms with Crippen molar-refractivity contribution in [3.8, 4) is 0 Å². The number of pyridine rings is 1. The third kappa shape index (κ3) is 3.80. The Kier molecular flexibility index (Phi) is 4.83. The lowest BCUT2D eigenvalue weighted by molar-refractivity contribution is 0.102. The predicted octanol–water partition coefficient (Wildman–Crippen LogP) is 4.63. The molecule has 8 heteroatoms. The molecule has 0 atom stereocenters. The molecule has 2 N–H and O–H groups in total. The third-order valence-electron chi connectivity index (χ3n) is 3.41. The molecule has 2 aromatic carbocycles. The molecule has 1 amide bonds. The van der Waals surface area contributed by atoms with Crippen LogP contribution in [0.5, 0.6) is 0 Å². The van der Waals surface area contributed by atoms with Gasteiger partial charge in [-0.1, -0.05) is 0 Å². The summed E-state index contributed by atoms with van der Waals surface area (Å²) in [5.41, 5.74) is 0.465. The first-order valence-corrected chi connectivity index (χ1v) is 7.37. The summed E-state index contributed by atoms with van der Waals surface area (Å²) in [4.78, 5) is 16.0. The summed E-state index contributed by atoms with van der Waals surface area (Å²) < 4.78 is 52.7. The zero-order valence-corrected chi connectivity index (χ0v) is 13.1. The predicted molar refractivity (Wildman–Crippen MR) is 88.2 cm³/mol. The number of hydrogen-bond donors (Lipinski definition) is 2. The standard InChI is InChI=1S/C18H11F4N3O/c19-10-1-3-11(4-2-10)24-12-7-8-23-15(9-12)18(26)25-14-6-5-13(20)16(21)17(14)22/h1-9H,(H,23,24)(H,25,26). The molecule has 0 fully saturated rings. The number of carbonyl (C=O) groups excluding carboxylic acids is 1. The van der Waals surface area contributed by atoms with Gasteiger partial charge in [-0.2, -0.15) is 0 Å². The lowest BCUT2D eigenvalue weighted by Crippen LogP contribution is -2.15. The van der Waals surface area contributed by atoms with Crippen LogP contribution in [0.1, 0.15) is 10.5 Å². The lowest BCUT2D eigenvalue weighted by Gasteiger charge is -2.09. The number of carbonyl (C=O) groups is 1. The van der Waals surface area contributed by atoms with Gasteiger partial charge in [0, 0.05) is 17.6 Å². The highest BCUT2D eigenvalue weighted by atomic mass is 19.2. The highest BCUT2D eigenvalue weighted by Crippen LogP contribution is 2.21. The van der Waals surface area contributed by atoms with Crippen LogP contribution in [0.25, 0.3) is 0 Å². The highest BCUT2D eigenvalue weighted by molar-refractivity contribution is 6.03. The van der Waals surface area contributed by atoms with E-state index >= 15 is 0 Å². The molecule has 0 bridgehead atoms. The van der Waals surface area contributed by atoms with Crippen LogP contribution in [0.4, 0.5) is 34.6 Å². The van der Waals surface area contributed by atoms with E-state index in [1.165, 1.54) is 36.5 Å². The lowest BCUT2D eigenvalue weighted by atomic mass is 10.2. The normalized spacial score (nSPS) is 10.5. The second-order valence-electron chi connectivity index (χ2n) is 5.24. The quantitative estimate of drug-likeness (QED) is 0.526. The smallest absolute Gasteiger partial charge is 0.274 e. The average molecular weight is 361 g/mol. The van der Waals surface area contributed by atoms with Crippen LogP contribution >= 0.6 is 0 Å². The minimum Gasteiger partial charge on any atom is -0.355 e. The fourth-order valence-electron chi connectivity index (χ4n) is 2.14. The van der Waals surface area contributed by atoms with Crippen molar-refractivity contribution in [1.29, 1.82) is 0 Å². The first kappa shape index (κ1) is 17.4. The summed E-state index contributed by atoms with van der Waals surface area (Å²) >= 11 is 0. The summed E-state index contributed by atoms with van der Waals surface area (Å²) in [6.07, 6.45) is 1.34. The maximum atomic E-state index is 13.6. The van der Waals surface area contributed by atoms with Gasteiger partial charge in [-0.05, 0) is 48.5 Å². The minimum atomic E-state index is -1.68. The number of anilines is 3. The molecule has 26 heavy (non-hydrogen) atoms. The van der Waals surface area contributed by atoms with Gasteiger partial charge in [0.2, 0.25) is 0 Å². The Hall–Kier alpha value is -3.42. The van der Waals surface area contributed by atoms with Gasteiger partial charge in [-0.3, -0.25) is 9.78 Å². The van der Waals surface area contributed by atoms with Gasteiger partial charge in [-0.15, -0.1) is 0 Å².